The van der Waals surface area contributed by atoms with Gasteiger partial charge in [-0.15, -0.1) is 0 Å². The van der Waals surface area contributed by atoms with Crippen LogP contribution in [0, 0.1) is 0 Å². The van der Waals surface area contributed by atoms with Gasteiger partial charge in [0.2, 0.25) is 0 Å². The van der Waals surface area contributed by atoms with Gasteiger partial charge < -0.3 is 5.02 Å². The second-order valence-corrected chi connectivity index (χ2v) is 2.34. The Kier molecular flexibility index (Phi) is 24.0. The molecule has 3 heteroatoms. The van der Waals surface area contributed by atoms with Crippen LogP contribution < -0.4 is 0 Å². The van der Waals surface area contributed by atoms with Gasteiger partial charge in [-0.25, -0.2) is 0 Å². The molecule has 0 aliphatic carbocycles. The molecule has 0 heterocycles. The van der Waals surface area contributed by atoms with Crippen LogP contribution in [0.1, 0.15) is 13.8 Å². The first-order valence-corrected chi connectivity index (χ1v) is 3.59. The smallest absolute Gasteiger partial charge is 0.252 e. The maximum Gasteiger partial charge on any atom is 0.252 e. The molecular formula is C4H13BOS. The molecule has 0 rings (SSSR count). The van der Waals surface area contributed by atoms with E-state index in [1.54, 1.807) is 0 Å². The Bertz CT molecular complexity index is 19.2. The fraction of sp³-hybridized carbons (Fsp3) is 1.00. The molecule has 1 nitrogen and oxygen atoms in total. The van der Waals surface area contributed by atoms with Crippen molar-refractivity contribution in [2.45, 2.75) is 13.8 Å². The molecule has 0 aromatic rings. The summed E-state index contributed by atoms with van der Waals surface area (Å²) >= 11 is 1.96. The lowest BCUT2D eigenvalue weighted by atomic mass is 10.6. The number of rotatable bonds is 2. The van der Waals surface area contributed by atoms with Crippen LogP contribution in [0.15, 0.2) is 0 Å². The third-order valence-electron chi connectivity index (χ3n) is 0.408. The van der Waals surface area contributed by atoms with Crippen molar-refractivity contribution in [3.05, 3.63) is 0 Å². The maximum absolute atomic E-state index is 7.00. The van der Waals surface area contributed by atoms with Gasteiger partial charge >= 0.3 is 0 Å². The molecule has 0 bridgehead atoms. The first-order valence-electron chi connectivity index (χ1n) is 2.44. The molecule has 0 aromatic heterocycles. The van der Waals surface area contributed by atoms with Crippen LogP contribution in [-0.2, 0) is 0 Å². The summed E-state index contributed by atoms with van der Waals surface area (Å²) in [6.45, 7) is 4.35. The van der Waals surface area contributed by atoms with Gasteiger partial charge in [0.1, 0.15) is 0 Å². The standard InChI is InChI=1S/C4H10S.BH3O/c1-3-5-4-2;1-2/h3-4H2,1-2H3;2H,1H2. The molecule has 0 radical (unpaired) electrons. The molecule has 0 aliphatic heterocycles. The highest BCUT2D eigenvalue weighted by Gasteiger charge is 1.67. The Hall–Kier alpha value is 0.375. The van der Waals surface area contributed by atoms with Crippen molar-refractivity contribution in [3.8, 4) is 0 Å². The lowest BCUT2D eigenvalue weighted by Crippen LogP contribution is -1.64. The summed E-state index contributed by atoms with van der Waals surface area (Å²) in [5, 5.41) is 7.00. The maximum atomic E-state index is 7.00. The zero-order chi connectivity index (χ0) is 6.12. The number of hydrogen-bond acceptors (Lipinski definition) is 2. The minimum Gasteiger partial charge on any atom is -0.458 e. The SMILES string of the molecule is BO.CCSCC. The van der Waals surface area contributed by atoms with Gasteiger partial charge in [-0.3, -0.25) is 0 Å². The van der Waals surface area contributed by atoms with Crippen molar-refractivity contribution in [1.82, 2.24) is 0 Å². The van der Waals surface area contributed by atoms with E-state index in [9.17, 15) is 0 Å². The van der Waals surface area contributed by atoms with Gasteiger partial charge in [-0.1, -0.05) is 13.8 Å². The molecule has 7 heavy (non-hydrogen) atoms. The predicted octanol–water partition coefficient (Wildman–Crippen LogP) is 0.286. The lowest BCUT2D eigenvalue weighted by Gasteiger charge is -1.80. The van der Waals surface area contributed by atoms with Gasteiger partial charge in [-0.2, -0.15) is 11.8 Å². The second-order valence-electron chi connectivity index (χ2n) is 0.781. The summed E-state index contributed by atoms with van der Waals surface area (Å²) in [4.78, 5) is 0. The first kappa shape index (κ1) is 10.4. The van der Waals surface area contributed by atoms with Gasteiger partial charge in [0.05, 0.1) is 0 Å². The summed E-state index contributed by atoms with van der Waals surface area (Å²) in [6.07, 6.45) is 0. The highest BCUT2D eigenvalue weighted by Crippen LogP contribution is 1.93. The van der Waals surface area contributed by atoms with E-state index in [0.29, 0.717) is 0 Å². The molecule has 0 spiro atoms. The topological polar surface area (TPSA) is 20.2 Å². The van der Waals surface area contributed by atoms with E-state index in [-0.39, 0.29) is 0 Å². The van der Waals surface area contributed by atoms with Crippen molar-refractivity contribution in [1.29, 1.82) is 0 Å². The molecule has 0 atom stereocenters. The molecule has 0 unspecified atom stereocenters. The zero-order valence-electron chi connectivity index (χ0n) is 5.27. The van der Waals surface area contributed by atoms with E-state index in [1.807, 2.05) is 11.8 Å². The minimum absolute atomic E-state index is 1.00. The van der Waals surface area contributed by atoms with Crippen LogP contribution in [-0.4, -0.2) is 24.6 Å². The fourth-order valence-electron chi connectivity index (χ4n) is 0.204. The Morgan fingerprint density at radius 1 is 1.29 bits per heavy atom. The Labute approximate surface area is 50.9 Å². The third-order valence-corrected chi connectivity index (χ3v) is 1.22. The summed E-state index contributed by atoms with van der Waals surface area (Å²) < 4.78 is 0. The minimum atomic E-state index is 1.00. The molecule has 0 aromatic carbocycles. The Morgan fingerprint density at radius 2 is 1.57 bits per heavy atom. The Morgan fingerprint density at radius 3 is 1.57 bits per heavy atom. The van der Waals surface area contributed by atoms with Crippen molar-refractivity contribution in [2.75, 3.05) is 11.5 Å². The molecule has 0 fully saturated rings. The lowest BCUT2D eigenvalue weighted by molar-refractivity contribution is 0.629. The number of thioether (sulfide) groups is 1. The van der Waals surface area contributed by atoms with E-state index in [2.05, 4.69) is 13.8 Å². The van der Waals surface area contributed by atoms with Gasteiger partial charge in [-0.05, 0) is 11.5 Å². The summed E-state index contributed by atoms with van der Waals surface area (Å²) in [5.41, 5.74) is 0. The van der Waals surface area contributed by atoms with E-state index in [0.717, 1.165) is 8.05 Å². The van der Waals surface area contributed by atoms with Crippen molar-refractivity contribution >= 4 is 19.8 Å². The van der Waals surface area contributed by atoms with Crippen LogP contribution in [0.3, 0.4) is 0 Å². The fourth-order valence-corrected chi connectivity index (χ4v) is 0.612. The normalized spacial score (nSPS) is 6.71. The first-order chi connectivity index (χ1) is 3.41. The third kappa shape index (κ3) is 21.6. The van der Waals surface area contributed by atoms with Crippen LogP contribution in [0.5, 0.6) is 0 Å². The highest BCUT2D eigenvalue weighted by molar-refractivity contribution is 7.99. The number of hydrogen-bond donors (Lipinski definition) is 1. The van der Waals surface area contributed by atoms with Crippen LogP contribution in [0.25, 0.3) is 0 Å². The van der Waals surface area contributed by atoms with Gasteiger partial charge in [0.15, 0.2) is 0 Å². The largest absolute Gasteiger partial charge is 0.458 e. The van der Waals surface area contributed by atoms with Gasteiger partial charge in [0, 0.05) is 0 Å². The molecule has 44 valence electrons. The van der Waals surface area contributed by atoms with E-state index in [4.69, 9.17) is 5.02 Å². The van der Waals surface area contributed by atoms with Crippen molar-refractivity contribution in [3.63, 3.8) is 0 Å². The summed E-state index contributed by atoms with van der Waals surface area (Å²) in [6, 6.07) is 0. The van der Waals surface area contributed by atoms with Crippen LogP contribution in [0.2, 0.25) is 0 Å². The van der Waals surface area contributed by atoms with E-state index >= 15 is 0 Å². The molecule has 0 amide bonds. The zero-order valence-corrected chi connectivity index (χ0v) is 6.09. The van der Waals surface area contributed by atoms with E-state index < -0.39 is 0 Å². The average molecular weight is 120 g/mol. The van der Waals surface area contributed by atoms with E-state index in [1.165, 1.54) is 11.5 Å². The average Bonchev–Trinajstić information content (AvgIpc) is 1.75. The molecule has 0 saturated heterocycles. The molecule has 0 aliphatic rings. The van der Waals surface area contributed by atoms with Crippen LogP contribution in [0.4, 0.5) is 0 Å². The monoisotopic (exact) mass is 120 g/mol. The molecule has 1 N–H and O–H groups in total. The predicted molar refractivity (Wildman–Crippen MR) is 39.4 cm³/mol. The highest BCUT2D eigenvalue weighted by atomic mass is 32.2. The van der Waals surface area contributed by atoms with Gasteiger partial charge in [0.25, 0.3) is 8.05 Å². The molecular weight excluding hydrogens is 107 g/mol. The quantitative estimate of drug-likeness (QED) is 0.528. The van der Waals surface area contributed by atoms with Crippen LogP contribution >= 0.6 is 11.8 Å². The summed E-state index contributed by atoms with van der Waals surface area (Å²) in [5.74, 6) is 2.52. The Balaban J connectivity index is 0. The molecule has 0 saturated carbocycles. The van der Waals surface area contributed by atoms with Crippen molar-refractivity contribution in [2.24, 2.45) is 0 Å². The second kappa shape index (κ2) is 16.2. The van der Waals surface area contributed by atoms with Crippen molar-refractivity contribution < 1.29 is 5.02 Å². The summed E-state index contributed by atoms with van der Waals surface area (Å²) in [7, 11) is 1.00.